The van der Waals surface area contributed by atoms with Crippen molar-refractivity contribution in [1.29, 1.82) is 0 Å². The van der Waals surface area contributed by atoms with Crippen LogP contribution < -0.4 is 5.32 Å². The molecule has 0 radical (unpaired) electrons. The Morgan fingerprint density at radius 2 is 2.38 bits per heavy atom. The Morgan fingerprint density at radius 1 is 1.52 bits per heavy atom. The van der Waals surface area contributed by atoms with E-state index in [2.05, 4.69) is 10.3 Å². The largest absolute Gasteiger partial charge is 0.441 e. The van der Waals surface area contributed by atoms with E-state index < -0.39 is 0 Å². The van der Waals surface area contributed by atoms with Gasteiger partial charge >= 0.3 is 0 Å². The van der Waals surface area contributed by atoms with Crippen LogP contribution in [0.2, 0.25) is 0 Å². The summed E-state index contributed by atoms with van der Waals surface area (Å²) >= 11 is 1.30. The fourth-order valence-electron chi connectivity index (χ4n) is 2.21. The van der Waals surface area contributed by atoms with Crippen molar-refractivity contribution in [3.05, 3.63) is 24.1 Å². The van der Waals surface area contributed by atoms with Gasteiger partial charge in [0.15, 0.2) is 11.5 Å². The second-order valence-corrected chi connectivity index (χ2v) is 5.86. The van der Waals surface area contributed by atoms with Gasteiger partial charge in [-0.15, -0.1) is 0 Å². The van der Waals surface area contributed by atoms with Crippen molar-refractivity contribution in [1.82, 2.24) is 9.88 Å². The number of amides is 2. The van der Waals surface area contributed by atoms with Crippen LogP contribution in [0.25, 0.3) is 11.1 Å². The van der Waals surface area contributed by atoms with Crippen LogP contribution >= 0.6 is 11.8 Å². The molecule has 0 spiro atoms. The summed E-state index contributed by atoms with van der Waals surface area (Å²) in [6.07, 6.45) is 0.294. The second kappa shape index (κ2) is 5.77. The molecule has 2 aromatic rings. The van der Waals surface area contributed by atoms with Crippen molar-refractivity contribution in [2.45, 2.75) is 13.3 Å². The molecule has 2 heterocycles. The minimum absolute atomic E-state index is 0.0577. The molecule has 6 nitrogen and oxygen atoms in total. The number of hydrogen-bond acceptors (Lipinski definition) is 5. The molecule has 1 aliphatic rings. The highest BCUT2D eigenvalue weighted by Crippen LogP contribution is 2.20. The maximum Gasteiger partial charge on any atom is 0.281 e. The third kappa shape index (κ3) is 3.18. The average Bonchev–Trinajstić information content (AvgIpc) is 3.00. The number of anilines is 1. The number of thioether (sulfide) groups is 1. The van der Waals surface area contributed by atoms with Crippen LogP contribution in [0.15, 0.2) is 22.6 Å². The zero-order chi connectivity index (χ0) is 14.8. The summed E-state index contributed by atoms with van der Waals surface area (Å²) in [5.41, 5.74) is 2.10. The minimum Gasteiger partial charge on any atom is -0.441 e. The van der Waals surface area contributed by atoms with Gasteiger partial charge in [-0.2, -0.15) is 0 Å². The van der Waals surface area contributed by atoms with Gasteiger partial charge in [0.1, 0.15) is 5.52 Å². The Balaban J connectivity index is 1.59. The van der Waals surface area contributed by atoms with Gasteiger partial charge in [-0.1, -0.05) is 11.8 Å². The maximum atomic E-state index is 11.9. The lowest BCUT2D eigenvalue weighted by Crippen LogP contribution is -2.27. The first-order valence-electron chi connectivity index (χ1n) is 6.70. The van der Waals surface area contributed by atoms with Crippen molar-refractivity contribution in [2.24, 2.45) is 0 Å². The van der Waals surface area contributed by atoms with Gasteiger partial charge in [0.2, 0.25) is 5.91 Å². The monoisotopic (exact) mass is 305 g/mol. The number of carbonyl (C=O) groups is 2. The van der Waals surface area contributed by atoms with E-state index in [1.807, 2.05) is 0 Å². The average molecular weight is 305 g/mol. The maximum absolute atomic E-state index is 11.9. The standard InChI is InChI=1S/C14H15N3O3S/c1-9-15-11-8-10(2-3-12(11)20-9)16-13(18)4-5-17-6-7-21-14(17)19/h2-3,8H,4-7H2,1H3,(H,16,18). The summed E-state index contributed by atoms with van der Waals surface area (Å²) in [6.45, 7) is 2.97. The number of benzene rings is 1. The molecule has 1 aromatic heterocycles. The van der Waals surface area contributed by atoms with Crippen LogP contribution in [0.3, 0.4) is 0 Å². The van der Waals surface area contributed by atoms with Crippen LogP contribution in [0, 0.1) is 6.92 Å². The second-order valence-electron chi connectivity index (χ2n) is 4.81. The molecule has 0 bridgehead atoms. The molecule has 1 fully saturated rings. The summed E-state index contributed by atoms with van der Waals surface area (Å²) in [6, 6.07) is 5.34. The van der Waals surface area contributed by atoms with Gasteiger partial charge in [-0.05, 0) is 18.2 Å². The van der Waals surface area contributed by atoms with Crippen molar-refractivity contribution >= 4 is 39.7 Å². The van der Waals surface area contributed by atoms with Crippen LogP contribution in [0.5, 0.6) is 0 Å². The van der Waals surface area contributed by atoms with Gasteiger partial charge in [0.25, 0.3) is 5.24 Å². The first-order valence-corrected chi connectivity index (χ1v) is 7.69. The number of aryl methyl sites for hydroxylation is 1. The molecule has 1 aliphatic heterocycles. The van der Waals surface area contributed by atoms with Crippen LogP contribution in [-0.2, 0) is 4.79 Å². The topological polar surface area (TPSA) is 75.4 Å². The van der Waals surface area contributed by atoms with Gasteiger partial charge < -0.3 is 14.6 Å². The first kappa shape index (κ1) is 13.9. The zero-order valence-electron chi connectivity index (χ0n) is 11.6. The summed E-state index contributed by atoms with van der Waals surface area (Å²) in [5.74, 6) is 1.29. The lowest BCUT2D eigenvalue weighted by atomic mass is 10.2. The van der Waals surface area contributed by atoms with E-state index in [4.69, 9.17) is 4.42 Å². The number of nitrogens with one attached hydrogen (secondary N) is 1. The molecular weight excluding hydrogens is 290 g/mol. The van der Waals surface area contributed by atoms with Crippen LogP contribution in [-0.4, -0.2) is 39.9 Å². The summed E-state index contributed by atoms with van der Waals surface area (Å²) < 4.78 is 5.38. The molecule has 1 N–H and O–H groups in total. The van der Waals surface area contributed by atoms with E-state index >= 15 is 0 Å². The Kier molecular flexibility index (Phi) is 3.83. The minimum atomic E-state index is -0.112. The lowest BCUT2D eigenvalue weighted by molar-refractivity contribution is -0.116. The van der Waals surface area contributed by atoms with Crippen LogP contribution in [0.1, 0.15) is 12.3 Å². The molecule has 1 aromatic carbocycles. The number of oxazole rings is 1. The Bertz CT molecular complexity index is 698. The molecule has 0 atom stereocenters. The van der Waals surface area contributed by atoms with E-state index in [1.165, 1.54) is 11.8 Å². The number of aromatic nitrogens is 1. The third-order valence-corrected chi connectivity index (χ3v) is 4.12. The van der Waals surface area contributed by atoms with E-state index in [0.717, 1.165) is 17.8 Å². The zero-order valence-corrected chi connectivity index (χ0v) is 12.4. The van der Waals surface area contributed by atoms with Crippen molar-refractivity contribution in [2.75, 3.05) is 24.2 Å². The fourth-order valence-corrected chi connectivity index (χ4v) is 3.06. The van der Waals surface area contributed by atoms with Gasteiger partial charge in [-0.3, -0.25) is 9.59 Å². The molecular formula is C14H15N3O3S. The van der Waals surface area contributed by atoms with E-state index in [-0.39, 0.29) is 11.1 Å². The predicted octanol–water partition coefficient (Wildman–Crippen LogP) is 2.63. The highest BCUT2D eigenvalue weighted by molar-refractivity contribution is 8.13. The van der Waals surface area contributed by atoms with Crippen molar-refractivity contribution in [3.8, 4) is 0 Å². The number of carbonyl (C=O) groups excluding carboxylic acids is 2. The molecule has 0 saturated carbocycles. The van der Waals surface area contributed by atoms with Crippen molar-refractivity contribution < 1.29 is 14.0 Å². The lowest BCUT2D eigenvalue weighted by Gasteiger charge is -2.13. The highest BCUT2D eigenvalue weighted by atomic mass is 32.2. The van der Waals surface area contributed by atoms with Gasteiger partial charge in [-0.25, -0.2) is 4.98 Å². The summed E-state index contributed by atoms with van der Waals surface area (Å²) in [5, 5.41) is 2.87. The third-order valence-electron chi connectivity index (χ3n) is 3.23. The molecule has 21 heavy (non-hydrogen) atoms. The fraction of sp³-hybridized carbons (Fsp3) is 0.357. The van der Waals surface area contributed by atoms with E-state index in [1.54, 1.807) is 30.0 Å². The molecule has 0 unspecified atom stereocenters. The highest BCUT2D eigenvalue weighted by Gasteiger charge is 2.21. The Hall–Kier alpha value is -2.02. The summed E-state index contributed by atoms with van der Waals surface area (Å²) in [7, 11) is 0. The first-order chi connectivity index (χ1) is 10.1. The number of nitrogens with zero attached hydrogens (tertiary/aromatic N) is 2. The Labute approximate surface area is 125 Å². The Morgan fingerprint density at radius 3 is 3.14 bits per heavy atom. The van der Waals surface area contributed by atoms with Crippen molar-refractivity contribution in [3.63, 3.8) is 0 Å². The molecule has 1 saturated heterocycles. The summed E-state index contributed by atoms with van der Waals surface area (Å²) in [4.78, 5) is 29.3. The van der Waals surface area contributed by atoms with Gasteiger partial charge in [0, 0.05) is 37.9 Å². The van der Waals surface area contributed by atoms with Crippen LogP contribution in [0.4, 0.5) is 10.5 Å². The normalized spacial score (nSPS) is 14.9. The van der Waals surface area contributed by atoms with E-state index in [9.17, 15) is 9.59 Å². The SMILES string of the molecule is Cc1nc2cc(NC(=O)CCN3CCSC3=O)ccc2o1. The molecule has 110 valence electrons. The smallest absolute Gasteiger partial charge is 0.281 e. The number of fused-ring (bicyclic) bond motifs is 1. The molecule has 2 amide bonds. The molecule has 3 rings (SSSR count). The van der Waals surface area contributed by atoms with E-state index in [0.29, 0.717) is 30.1 Å². The number of rotatable bonds is 4. The van der Waals surface area contributed by atoms with Gasteiger partial charge in [0.05, 0.1) is 0 Å². The predicted molar refractivity (Wildman–Crippen MR) is 81.4 cm³/mol. The number of hydrogen-bond donors (Lipinski definition) is 1. The molecule has 7 heteroatoms. The molecule has 0 aliphatic carbocycles. The quantitative estimate of drug-likeness (QED) is 0.939.